The van der Waals surface area contributed by atoms with E-state index in [9.17, 15) is 0 Å². The van der Waals surface area contributed by atoms with Crippen molar-refractivity contribution in [3.8, 4) is 5.75 Å². The van der Waals surface area contributed by atoms with E-state index in [1.807, 2.05) is 25.3 Å². The molecule has 0 bridgehead atoms. The SMILES string of the molecule is Cc1ccc(OC[C@@H]2CNCC[C@H]2c2ccccc2)cn1. The van der Waals surface area contributed by atoms with E-state index in [0.717, 1.165) is 31.1 Å². The Balaban J connectivity index is 1.66. The fourth-order valence-electron chi connectivity index (χ4n) is 2.98. The highest BCUT2D eigenvalue weighted by Crippen LogP contribution is 2.30. The fourth-order valence-corrected chi connectivity index (χ4v) is 2.98. The second kappa shape index (κ2) is 6.72. The summed E-state index contributed by atoms with van der Waals surface area (Å²) >= 11 is 0. The summed E-state index contributed by atoms with van der Waals surface area (Å²) in [5.41, 5.74) is 2.44. The molecule has 1 aliphatic rings. The number of rotatable bonds is 4. The first kappa shape index (κ1) is 14.1. The normalized spacial score (nSPS) is 22.0. The molecule has 1 aromatic heterocycles. The predicted octanol–water partition coefficient (Wildman–Crippen LogP) is 3.16. The Morgan fingerprint density at radius 2 is 2.05 bits per heavy atom. The molecule has 1 N–H and O–H groups in total. The molecule has 2 aromatic rings. The van der Waals surface area contributed by atoms with Gasteiger partial charge in [0.25, 0.3) is 0 Å². The average Bonchev–Trinajstić information content (AvgIpc) is 2.55. The number of aryl methyl sites for hydroxylation is 1. The molecule has 1 aliphatic heterocycles. The number of piperidine rings is 1. The zero-order valence-corrected chi connectivity index (χ0v) is 12.5. The fraction of sp³-hybridized carbons (Fsp3) is 0.389. The molecule has 3 nitrogen and oxygen atoms in total. The minimum atomic E-state index is 0.502. The number of hydrogen-bond acceptors (Lipinski definition) is 3. The maximum absolute atomic E-state index is 5.95. The number of pyridine rings is 1. The second-order valence-corrected chi connectivity index (χ2v) is 5.72. The van der Waals surface area contributed by atoms with E-state index >= 15 is 0 Å². The highest BCUT2D eigenvalue weighted by Gasteiger charge is 2.26. The van der Waals surface area contributed by atoms with Crippen LogP contribution in [0, 0.1) is 12.8 Å². The molecule has 3 rings (SSSR count). The van der Waals surface area contributed by atoms with Gasteiger partial charge in [-0.05, 0) is 43.5 Å². The Kier molecular flexibility index (Phi) is 4.51. The van der Waals surface area contributed by atoms with Gasteiger partial charge in [-0.25, -0.2) is 0 Å². The van der Waals surface area contributed by atoms with Crippen LogP contribution in [0.1, 0.15) is 23.6 Å². The predicted molar refractivity (Wildman–Crippen MR) is 84.6 cm³/mol. The average molecular weight is 282 g/mol. The molecular weight excluding hydrogens is 260 g/mol. The number of ether oxygens (including phenoxy) is 1. The maximum Gasteiger partial charge on any atom is 0.137 e. The Morgan fingerprint density at radius 1 is 1.19 bits per heavy atom. The molecule has 0 aliphatic carbocycles. The van der Waals surface area contributed by atoms with Crippen molar-refractivity contribution in [3.63, 3.8) is 0 Å². The van der Waals surface area contributed by atoms with Gasteiger partial charge in [0, 0.05) is 18.2 Å². The van der Waals surface area contributed by atoms with Crippen LogP contribution in [0.5, 0.6) is 5.75 Å². The third-order valence-electron chi connectivity index (χ3n) is 4.18. The van der Waals surface area contributed by atoms with Crippen molar-refractivity contribution in [2.45, 2.75) is 19.3 Å². The number of hydrogen-bond donors (Lipinski definition) is 1. The van der Waals surface area contributed by atoms with Gasteiger partial charge in [-0.15, -0.1) is 0 Å². The maximum atomic E-state index is 5.95. The molecular formula is C18H22N2O. The van der Waals surface area contributed by atoms with Gasteiger partial charge >= 0.3 is 0 Å². The topological polar surface area (TPSA) is 34.1 Å². The molecule has 1 saturated heterocycles. The molecule has 110 valence electrons. The number of benzene rings is 1. The van der Waals surface area contributed by atoms with Crippen LogP contribution in [-0.4, -0.2) is 24.7 Å². The Bertz CT molecular complexity index is 553. The molecule has 0 radical (unpaired) electrons. The lowest BCUT2D eigenvalue weighted by Crippen LogP contribution is -2.38. The van der Waals surface area contributed by atoms with Gasteiger partial charge in [0.15, 0.2) is 0 Å². The summed E-state index contributed by atoms with van der Waals surface area (Å²) in [5.74, 6) is 1.94. The highest BCUT2D eigenvalue weighted by atomic mass is 16.5. The van der Waals surface area contributed by atoms with Crippen molar-refractivity contribution in [1.82, 2.24) is 10.3 Å². The van der Waals surface area contributed by atoms with E-state index in [1.165, 1.54) is 12.0 Å². The lowest BCUT2D eigenvalue weighted by Gasteiger charge is -2.32. The summed E-state index contributed by atoms with van der Waals surface area (Å²) in [6.45, 7) is 4.82. The van der Waals surface area contributed by atoms with E-state index in [1.54, 1.807) is 0 Å². The standard InChI is InChI=1S/C18H22N2O/c1-14-7-8-17(12-20-14)21-13-16-11-19-10-9-18(16)15-5-3-2-4-6-15/h2-8,12,16,18-19H,9-11,13H2,1H3/t16-,18-/m0/s1. The van der Waals surface area contributed by atoms with Crippen LogP contribution >= 0.6 is 0 Å². The smallest absolute Gasteiger partial charge is 0.137 e. The van der Waals surface area contributed by atoms with Crippen LogP contribution in [-0.2, 0) is 0 Å². The first-order valence-corrected chi connectivity index (χ1v) is 7.64. The molecule has 3 heteroatoms. The summed E-state index contributed by atoms with van der Waals surface area (Å²) in [6.07, 6.45) is 2.98. The summed E-state index contributed by atoms with van der Waals surface area (Å²) in [5, 5.41) is 3.48. The van der Waals surface area contributed by atoms with Gasteiger partial charge in [0.1, 0.15) is 5.75 Å². The van der Waals surface area contributed by atoms with E-state index in [4.69, 9.17) is 4.74 Å². The first-order valence-electron chi connectivity index (χ1n) is 7.64. The zero-order valence-electron chi connectivity index (χ0n) is 12.5. The number of nitrogens with one attached hydrogen (secondary N) is 1. The monoisotopic (exact) mass is 282 g/mol. The molecule has 2 heterocycles. The van der Waals surface area contributed by atoms with Crippen molar-refractivity contribution < 1.29 is 4.74 Å². The summed E-state index contributed by atoms with van der Waals surface area (Å²) < 4.78 is 5.95. The Morgan fingerprint density at radius 3 is 2.81 bits per heavy atom. The molecule has 0 saturated carbocycles. The van der Waals surface area contributed by atoms with Crippen molar-refractivity contribution in [2.24, 2.45) is 5.92 Å². The van der Waals surface area contributed by atoms with Gasteiger partial charge in [0.05, 0.1) is 12.8 Å². The molecule has 2 atom stereocenters. The molecule has 1 fully saturated rings. The molecule has 21 heavy (non-hydrogen) atoms. The van der Waals surface area contributed by atoms with Crippen molar-refractivity contribution in [1.29, 1.82) is 0 Å². The van der Waals surface area contributed by atoms with E-state index in [-0.39, 0.29) is 0 Å². The summed E-state index contributed by atoms with van der Waals surface area (Å²) in [4.78, 5) is 4.28. The minimum absolute atomic E-state index is 0.502. The largest absolute Gasteiger partial charge is 0.492 e. The summed E-state index contributed by atoms with van der Waals surface area (Å²) in [6, 6.07) is 14.8. The Labute approximate surface area is 126 Å². The van der Waals surface area contributed by atoms with Crippen LogP contribution in [0.3, 0.4) is 0 Å². The van der Waals surface area contributed by atoms with E-state index in [0.29, 0.717) is 11.8 Å². The quantitative estimate of drug-likeness (QED) is 0.935. The van der Waals surface area contributed by atoms with Crippen LogP contribution in [0.15, 0.2) is 48.7 Å². The van der Waals surface area contributed by atoms with Crippen molar-refractivity contribution in [3.05, 3.63) is 59.9 Å². The van der Waals surface area contributed by atoms with Crippen LogP contribution in [0.4, 0.5) is 0 Å². The van der Waals surface area contributed by atoms with E-state index in [2.05, 4.69) is 40.6 Å². The zero-order chi connectivity index (χ0) is 14.5. The third-order valence-corrected chi connectivity index (χ3v) is 4.18. The van der Waals surface area contributed by atoms with Gasteiger partial charge in [-0.1, -0.05) is 30.3 Å². The van der Waals surface area contributed by atoms with Gasteiger partial charge in [-0.2, -0.15) is 0 Å². The molecule has 0 spiro atoms. The number of nitrogens with zero attached hydrogens (tertiary/aromatic N) is 1. The van der Waals surface area contributed by atoms with E-state index < -0.39 is 0 Å². The second-order valence-electron chi connectivity index (χ2n) is 5.72. The van der Waals surface area contributed by atoms with Crippen molar-refractivity contribution >= 4 is 0 Å². The van der Waals surface area contributed by atoms with Gasteiger partial charge in [0.2, 0.25) is 0 Å². The highest BCUT2D eigenvalue weighted by molar-refractivity contribution is 5.22. The lowest BCUT2D eigenvalue weighted by molar-refractivity contribution is 0.196. The lowest BCUT2D eigenvalue weighted by atomic mass is 9.81. The van der Waals surface area contributed by atoms with Crippen LogP contribution in [0.2, 0.25) is 0 Å². The number of aromatic nitrogens is 1. The third kappa shape index (κ3) is 3.61. The minimum Gasteiger partial charge on any atom is -0.492 e. The van der Waals surface area contributed by atoms with Gasteiger partial charge in [-0.3, -0.25) is 4.98 Å². The van der Waals surface area contributed by atoms with Crippen LogP contribution < -0.4 is 10.1 Å². The molecule has 0 unspecified atom stereocenters. The first-order chi connectivity index (χ1) is 10.3. The Hall–Kier alpha value is -1.87. The van der Waals surface area contributed by atoms with Gasteiger partial charge < -0.3 is 10.1 Å². The van der Waals surface area contributed by atoms with Crippen molar-refractivity contribution in [2.75, 3.05) is 19.7 Å². The molecule has 0 amide bonds. The summed E-state index contributed by atoms with van der Waals surface area (Å²) in [7, 11) is 0. The van der Waals surface area contributed by atoms with Crippen LogP contribution in [0.25, 0.3) is 0 Å². The molecule has 1 aromatic carbocycles.